The van der Waals surface area contributed by atoms with E-state index in [2.05, 4.69) is 20.6 Å². The Hall–Kier alpha value is -2.35. The van der Waals surface area contributed by atoms with Crippen LogP contribution in [0.1, 0.15) is 19.4 Å². The van der Waals surface area contributed by atoms with E-state index in [4.69, 9.17) is 26.8 Å². The number of nitrogen functional groups attached to an aromatic ring is 1. The molecule has 1 aromatic carbocycles. The smallest absolute Gasteiger partial charge is 0.263 e. The Balaban J connectivity index is 2.32. The van der Waals surface area contributed by atoms with Crippen molar-refractivity contribution in [2.24, 2.45) is 5.10 Å². The minimum Gasteiger partial charge on any atom is -0.490 e. The van der Waals surface area contributed by atoms with Gasteiger partial charge in [-0.25, -0.2) is 0 Å². The number of tetrazole rings is 1. The van der Waals surface area contributed by atoms with Gasteiger partial charge in [0.25, 0.3) is 5.95 Å². The second kappa shape index (κ2) is 6.89. The van der Waals surface area contributed by atoms with Crippen LogP contribution in [0.2, 0.25) is 5.02 Å². The van der Waals surface area contributed by atoms with Gasteiger partial charge in [0, 0.05) is 5.56 Å². The Morgan fingerprint density at radius 2 is 2.10 bits per heavy atom. The number of hydrogen-bond donors (Lipinski definition) is 1. The van der Waals surface area contributed by atoms with Crippen molar-refractivity contribution in [2.75, 3.05) is 18.9 Å². The first-order chi connectivity index (χ1) is 10.2. The summed E-state index contributed by atoms with van der Waals surface area (Å²) in [6.45, 7) is 4.75. The number of hydrogen-bond acceptors (Lipinski definition) is 7. The van der Waals surface area contributed by atoms with Crippen LogP contribution in [0, 0.1) is 0 Å². The fourth-order valence-electron chi connectivity index (χ4n) is 1.60. The fourth-order valence-corrected chi connectivity index (χ4v) is 1.88. The highest BCUT2D eigenvalue weighted by molar-refractivity contribution is 6.32. The molecule has 1 aromatic heterocycles. The number of rotatable bonds is 6. The van der Waals surface area contributed by atoms with Crippen molar-refractivity contribution >= 4 is 23.8 Å². The largest absolute Gasteiger partial charge is 0.490 e. The van der Waals surface area contributed by atoms with Crippen LogP contribution in [-0.4, -0.2) is 39.7 Å². The molecule has 0 aliphatic carbocycles. The normalized spacial score (nSPS) is 11.0. The zero-order chi connectivity index (χ0) is 15.2. The third kappa shape index (κ3) is 3.60. The van der Waals surface area contributed by atoms with Gasteiger partial charge in [-0.2, -0.15) is 5.10 Å². The Bertz CT molecular complexity index is 643. The number of anilines is 1. The molecule has 0 bridgehead atoms. The van der Waals surface area contributed by atoms with Gasteiger partial charge in [-0.1, -0.05) is 21.5 Å². The summed E-state index contributed by atoms with van der Waals surface area (Å²) in [6.07, 6.45) is 1.52. The van der Waals surface area contributed by atoms with Gasteiger partial charge in [0.05, 0.1) is 24.5 Å². The van der Waals surface area contributed by atoms with E-state index in [1.165, 1.54) is 6.21 Å². The molecule has 9 heteroatoms. The highest BCUT2D eigenvalue weighted by atomic mass is 35.5. The van der Waals surface area contributed by atoms with Crippen molar-refractivity contribution in [3.8, 4) is 11.5 Å². The predicted octanol–water partition coefficient (Wildman–Crippen LogP) is 1.59. The molecule has 2 N–H and O–H groups in total. The third-order valence-electron chi connectivity index (χ3n) is 2.41. The summed E-state index contributed by atoms with van der Waals surface area (Å²) in [4.78, 5) is 1.10. The van der Waals surface area contributed by atoms with Gasteiger partial charge >= 0.3 is 0 Å². The van der Waals surface area contributed by atoms with E-state index in [0.29, 0.717) is 35.3 Å². The second-order valence-electron chi connectivity index (χ2n) is 3.87. The van der Waals surface area contributed by atoms with Crippen LogP contribution in [0.4, 0.5) is 5.95 Å². The molecule has 112 valence electrons. The molecular weight excluding hydrogens is 296 g/mol. The zero-order valence-electron chi connectivity index (χ0n) is 11.7. The number of halogens is 1. The van der Waals surface area contributed by atoms with Crippen molar-refractivity contribution < 1.29 is 9.47 Å². The van der Waals surface area contributed by atoms with Crippen LogP contribution in [0.3, 0.4) is 0 Å². The Morgan fingerprint density at radius 1 is 1.33 bits per heavy atom. The van der Waals surface area contributed by atoms with Gasteiger partial charge in [-0.05, 0) is 36.4 Å². The average Bonchev–Trinajstić information content (AvgIpc) is 2.86. The van der Waals surface area contributed by atoms with Gasteiger partial charge in [-0.15, -0.1) is 0 Å². The first-order valence-corrected chi connectivity index (χ1v) is 6.70. The topological polar surface area (TPSA) is 100 Å². The summed E-state index contributed by atoms with van der Waals surface area (Å²) < 4.78 is 11.0. The summed E-state index contributed by atoms with van der Waals surface area (Å²) >= 11 is 6.20. The van der Waals surface area contributed by atoms with Crippen LogP contribution in [0.25, 0.3) is 0 Å². The van der Waals surface area contributed by atoms with Crippen molar-refractivity contribution in [3.05, 3.63) is 22.7 Å². The molecule has 0 saturated carbocycles. The van der Waals surface area contributed by atoms with Gasteiger partial charge in [0.2, 0.25) is 0 Å². The first kappa shape index (κ1) is 15.0. The lowest BCUT2D eigenvalue weighted by Crippen LogP contribution is -2.02. The minimum atomic E-state index is 0.0910. The maximum atomic E-state index is 6.20. The minimum absolute atomic E-state index is 0.0910. The average molecular weight is 311 g/mol. The molecule has 2 rings (SSSR count). The van der Waals surface area contributed by atoms with Crippen LogP contribution in [-0.2, 0) is 0 Å². The highest BCUT2D eigenvalue weighted by Gasteiger charge is 2.11. The second-order valence-corrected chi connectivity index (χ2v) is 4.27. The van der Waals surface area contributed by atoms with Gasteiger partial charge in [-0.3, -0.25) is 0 Å². The molecule has 2 aromatic rings. The molecule has 0 fully saturated rings. The Morgan fingerprint density at radius 3 is 2.71 bits per heavy atom. The number of nitrogens with two attached hydrogens (primary N) is 1. The number of ether oxygens (including phenoxy) is 2. The molecule has 0 amide bonds. The lowest BCUT2D eigenvalue weighted by atomic mass is 10.2. The van der Waals surface area contributed by atoms with Gasteiger partial charge in [0.1, 0.15) is 0 Å². The summed E-state index contributed by atoms with van der Waals surface area (Å²) in [5.74, 6) is 1.16. The summed E-state index contributed by atoms with van der Waals surface area (Å²) in [6, 6.07) is 3.48. The predicted molar refractivity (Wildman–Crippen MR) is 79.0 cm³/mol. The lowest BCUT2D eigenvalue weighted by molar-refractivity contribution is 0.288. The molecule has 0 unspecified atom stereocenters. The molecule has 0 atom stereocenters. The van der Waals surface area contributed by atoms with E-state index in [1.807, 2.05) is 13.8 Å². The van der Waals surface area contributed by atoms with Gasteiger partial charge in [0.15, 0.2) is 11.5 Å². The van der Waals surface area contributed by atoms with E-state index < -0.39 is 0 Å². The zero-order valence-corrected chi connectivity index (χ0v) is 12.4. The van der Waals surface area contributed by atoms with E-state index in [-0.39, 0.29) is 5.95 Å². The highest BCUT2D eigenvalue weighted by Crippen LogP contribution is 2.36. The van der Waals surface area contributed by atoms with Gasteiger partial charge < -0.3 is 15.2 Å². The molecule has 1 heterocycles. The number of nitrogens with zero attached hydrogens (tertiary/aromatic N) is 5. The van der Waals surface area contributed by atoms with Crippen molar-refractivity contribution in [2.45, 2.75) is 13.8 Å². The summed E-state index contributed by atoms with van der Waals surface area (Å²) in [5, 5.41) is 15.0. The van der Waals surface area contributed by atoms with Crippen molar-refractivity contribution in [1.82, 2.24) is 20.3 Å². The molecular formula is C12H15ClN6O2. The standard InChI is InChI=1S/C12H15ClN6O2/c1-3-20-10-6-8(5-9(13)11(10)21-4-2)7-15-19-12(14)16-17-18-19/h5-7H,3-4H2,1-2H3,(H2,14,16,18). The lowest BCUT2D eigenvalue weighted by Gasteiger charge is -2.13. The fraction of sp³-hybridized carbons (Fsp3) is 0.333. The SMILES string of the molecule is CCOc1cc(C=Nn2nnnc2N)cc(Cl)c1OCC. The number of aromatic nitrogens is 4. The van der Waals surface area contributed by atoms with Crippen LogP contribution < -0.4 is 15.2 Å². The summed E-state index contributed by atoms with van der Waals surface area (Å²) in [7, 11) is 0. The first-order valence-electron chi connectivity index (χ1n) is 6.33. The quantitative estimate of drug-likeness (QED) is 0.813. The molecule has 0 aliphatic heterocycles. The molecule has 21 heavy (non-hydrogen) atoms. The molecule has 0 aliphatic rings. The Labute approximate surface area is 126 Å². The maximum Gasteiger partial charge on any atom is 0.263 e. The molecule has 8 nitrogen and oxygen atoms in total. The molecule has 0 saturated heterocycles. The Kier molecular flexibility index (Phi) is 4.94. The van der Waals surface area contributed by atoms with Crippen LogP contribution in [0.5, 0.6) is 11.5 Å². The van der Waals surface area contributed by atoms with Crippen molar-refractivity contribution in [3.63, 3.8) is 0 Å². The third-order valence-corrected chi connectivity index (χ3v) is 2.69. The molecule has 0 spiro atoms. The van der Waals surface area contributed by atoms with E-state index >= 15 is 0 Å². The van der Waals surface area contributed by atoms with Crippen LogP contribution in [0.15, 0.2) is 17.2 Å². The van der Waals surface area contributed by atoms with E-state index in [9.17, 15) is 0 Å². The monoisotopic (exact) mass is 310 g/mol. The van der Waals surface area contributed by atoms with Crippen molar-refractivity contribution in [1.29, 1.82) is 0 Å². The number of benzene rings is 1. The summed E-state index contributed by atoms with van der Waals surface area (Å²) in [5.41, 5.74) is 6.23. The molecule has 0 radical (unpaired) electrons. The van der Waals surface area contributed by atoms with E-state index in [1.54, 1.807) is 12.1 Å². The maximum absolute atomic E-state index is 6.20. The van der Waals surface area contributed by atoms with E-state index in [0.717, 1.165) is 4.79 Å². The van der Waals surface area contributed by atoms with Crippen LogP contribution >= 0.6 is 11.6 Å².